The first-order valence-corrected chi connectivity index (χ1v) is 9.09. The van der Waals surface area contributed by atoms with Gasteiger partial charge >= 0.3 is 6.09 Å². The molecule has 1 fully saturated rings. The van der Waals surface area contributed by atoms with Gasteiger partial charge in [-0.15, -0.1) is 0 Å². The van der Waals surface area contributed by atoms with Gasteiger partial charge in [-0.3, -0.25) is 4.90 Å². The predicted octanol–water partition coefficient (Wildman–Crippen LogP) is 4.02. The van der Waals surface area contributed by atoms with Crippen LogP contribution in [0.15, 0.2) is 60.3 Å². The Balaban J connectivity index is 1.50. The van der Waals surface area contributed by atoms with E-state index in [2.05, 4.69) is 4.98 Å². The quantitative estimate of drug-likeness (QED) is 0.698. The van der Waals surface area contributed by atoms with Crippen LogP contribution in [0.1, 0.15) is 17.5 Å². The number of halogens is 1. The molecular formula is C22H19FN2O3. The van der Waals surface area contributed by atoms with E-state index in [1.165, 1.54) is 12.1 Å². The van der Waals surface area contributed by atoms with Gasteiger partial charge in [0, 0.05) is 35.1 Å². The van der Waals surface area contributed by atoms with Crippen molar-refractivity contribution in [1.82, 2.24) is 9.88 Å². The second-order valence-corrected chi connectivity index (χ2v) is 6.94. The molecule has 0 saturated carbocycles. The van der Waals surface area contributed by atoms with Gasteiger partial charge in [0.25, 0.3) is 0 Å². The van der Waals surface area contributed by atoms with Crippen LogP contribution >= 0.6 is 0 Å². The molecule has 5 nitrogen and oxygen atoms in total. The van der Waals surface area contributed by atoms with E-state index in [-0.39, 0.29) is 25.0 Å². The third-order valence-corrected chi connectivity index (χ3v) is 5.05. The highest BCUT2D eigenvalue weighted by molar-refractivity contribution is 5.83. The van der Waals surface area contributed by atoms with E-state index in [1.54, 1.807) is 11.0 Å². The van der Waals surface area contributed by atoms with Crippen LogP contribution in [0, 0.1) is 5.82 Å². The number of benzene rings is 2. The van der Waals surface area contributed by atoms with Crippen molar-refractivity contribution in [2.75, 3.05) is 6.54 Å². The Morgan fingerprint density at radius 2 is 2.07 bits per heavy atom. The third-order valence-electron chi connectivity index (χ3n) is 5.05. The fourth-order valence-corrected chi connectivity index (χ4v) is 3.65. The maximum Gasteiger partial charge on any atom is 0.410 e. The molecule has 0 bridgehead atoms. The van der Waals surface area contributed by atoms with Gasteiger partial charge in [-0.05, 0) is 35.7 Å². The lowest BCUT2D eigenvalue weighted by molar-refractivity contribution is 0.0927. The zero-order chi connectivity index (χ0) is 19.5. The lowest BCUT2D eigenvalue weighted by atomic mass is 10.0. The Morgan fingerprint density at radius 1 is 1.25 bits per heavy atom. The summed E-state index contributed by atoms with van der Waals surface area (Å²) in [5.41, 5.74) is 3.12. The summed E-state index contributed by atoms with van der Waals surface area (Å²) in [6, 6.07) is 13.8. The average Bonchev–Trinajstić information content (AvgIpc) is 3.31. The van der Waals surface area contributed by atoms with Crippen molar-refractivity contribution in [2.24, 2.45) is 0 Å². The van der Waals surface area contributed by atoms with Crippen LogP contribution in [0.4, 0.5) is 9.18 Å². The maximum atomic E-state index is 13.4. The Morgan fingerprint density at radius 3 is 2.86 bits per heavy atom. The van der Waals surface area contributed by atoms with Gasteiger partial charge in [0.2, 0.25) is 0 Å². The molecule has 142 valence electrons. The summed E-state index contributed by atoms with van der Waals surface area (Å²) in [6.45, 7) is 0.397. The molecule has 1 aromatic heterocycles. The molecule has 2 aromatic carbocycles. The number of nitrogens with one attached hydrogen (secondary N) is 1. The highest BCUT2D eigenvalue weighted by atomic mass is 19.1. The number of rotatable bonds is 4. The van der Waals surface area contributed by atoms with Crippen molar-refractivity contribution >= 4 is 22.9 Å². The molecule has 1 amide bonds. The van der Waals surface area contributed by atoms with Crippen molar-refractivity contribution in [3.8, 4) is 0 Å². The van der Waals surface area contributed by atoms with Gasteiger partial charge in [-0.2, -0.15) is 0 Å². The first kappa shape index (κ1) is 18.0. The number of hydrogen-bond donors (Lipinski definition) is 1. The molecule has 6 heteroatoms. The van der Waals surface area contributed by atoms with Crippen LogP contribution in [-0.4, -0.2) is 34.5 Å². The van der Waals surface area contributed by atoms with Gasteiger partial charge in [0.1, 0.15) is 18.4 Å². The smallest absolute Gasteiger partial charge is 0.410 e. The Labute approximate surface area is 161 Å². The van der Waals surface area contributed by atoms with Gasteiger partial charge in [-0.25, -0.2) is 14.0 Å². The number of likely N-dealkylation sites (tertiary alicyclic amines) is 1. The Hall–Kier alpha value is -3.37. The maximum absolute atomic E-state index is 13.4. The molecule has 1 atom stereocenters. The third kappa shape index (κ3) is 3.68. The van der Waals surface area contributed by atoms with Crippen molar-refractivity contribution in [1.29, 1.82) is 0 Å². The molecular weight excluding hydrogens is 359 g/mol. The monoisotopic (exact) mass is 378 g/mol. The van der Waals surface area contributed by atoms with Crippen molar-refractivity contribution in [3.63, 3.8) is 0 Å². The topological polar surface area (TPSA) is 62.4 Å². The van der Waals surface area contributed by atoms with Crippen LogP contribution in [-0.2, 0) is 22.6 Å². The standard InChI is InChI=1S/C22H19FN2O3/c23-18-6-7-20-17(11-24-21(20)10-18)9-19-8-16(13-26)12-25(19)22(27)28-14-15-4-2-1-3-5-15/h1-7,10-11,19,24H,8-9,12,14H2/t19-/m0/s1. The highest BCUT2D eigenvalue weighted by Gasteiger charge is 2.34. The number of carbonyl (C=O) groups is 1. The van der Waals surface area contributed by atoms with E-state index in [9.17, 15) is 14.0 Å². The average molecular weight is 378 g/mol. The minimum Gasteiger partial charge on any atom is -0.445 e. The fraction of sp³-hybridized carbons (Fsp3) is 0.227. The zero-order valence-corrected chi connectivity index (χ0v) is 15.2. The number of carbonyl (C=O) groups excluding carboxylic acids is 2. The van der Waals surface area contributed by atoms with Crippen LogP contribution in [0.2, 0.25) is 0 Å². The first-order chi connectivity index (χ1) is 13.6. The van der Waals surface area contributed by atoms with Crippen LogP contribution in [0.3, 0.4) is 0 Å². The van der Waals surface area contributed by atoms with E-state index >= 15 is 0 Å². The molecule has 1 saturated heterocycles. The molecule has 0 spiro atoms. The van der Waals surface area contributed by atoms with Crippen LogP contribution < -0.4 is 0 Å². The molecule has 4 rings (SSSR count). The number of nitrogens with zero attached hydrogens (tertiary/aromatic N) is 1. The van der Waals surface area contributed by atoms with E-state index < -0.39 is 6.09 Å². The summed E-state index contributed by atoms with van der Waals surface area (Å²) in [4.78, 5) is 28.4. The molecule has 0 aliphatic carbocycles. The van der Waals surface area contributed by atoms with Crippen molar-refractivity contribution in [2.45, 2.75) is 25.5 Å². The second kappa shape index (κ2) is 7.71. The molecule has 0 radical (unpaired) electrons. The van der Waals surface area contributed by atoms with Gasteiger partial charge in [0.15, 0.2) is 0 Å². The van der Waals surface area contributed by atoms with E-state index in [0.29, 0.717) is 23.9 Å². The molecule has 0 unspecified atom stereocenters. The van der Waals surface area contributed by atoms with Gasteiger partial charge in [0.05, 0.1) is 6.54 Å². The summed E-state index contributed by atoms with van der Waals surface area (Å²) in [5, 5.41) is 0.905. The summed E-state index contributed by atoms with van der Waals surface area (Å²) in [5.74, 6) is 1.63. The lowest BCUT2D eigenvalue weighted by Gasteiger charge is -2.23. The summed E-state index contributed by atoms with van der Waals surface area (Å²) in [7, 11) is 0. The molecule has 28 heavy (non-hydrogen) atoms. The molecule has 1 aliphatic heterocycles. The fourth-order valence-electron chi connectivity index (χ4n) is 3.65. The minimum absolute atomic E-state index is 0.176. The van der Waals surface area contributed by atoms with E-state index in [1.807, 2.05) is 42.5 Å². The number of ether oxygens (including phenoxy) is 1. The van der Waals surface area contributed by atoms with Crippen molar-refractivity contribution < 1.29 is 18.7 Å². The van der Waals surface area contributed by atoms with Gasteiger partial charge < -0.3 is 9.72 Å². The molecule has 2 heterocycles. The number of aromatic amines is 1. The zero-order valence-electron chi connectivity index (χ0n) is 15.2. The van der Waals surface area contributed by atoms with E-state index in [4.69, 9.17) is 4.74 Å². The number of amides is 1. The minimum atomic E-state index is -0.454. The van der Waals surface area contributed by atoms with Crippen molar-refractivity contribution in [3.05, 3.63) is 77.2 Å². The normalized spacial score (nSPS) is 16.4. The summed E-state index contributed by atoms with van der Waals surface area (Å²) in [6.07, 6.45) is 2.36. The molecule has 1 N–H and O–H groups in total. The van der Waals surface area contributed by atoms with Crippen LogP contribution in [0.5, 0.6) is 0 Å². The van der Waals surface area contributed by atoms with E-state index in [0.717, 1.165) is 16.5 Å². The van der Waals surface area contributed by atoms with Crippen LogP contribution in [0.25, 0.3) is 10.9 Å². The molecule has 1 aliphatic rings. The Kier molecular flexibility index (Phi) is 4.96. The largest absolute Gasteiger partial charge is 0.445 e. The highest BCUT2D eigenvalue weighted by Crippen LogP contribution is 2.28. The van der Waals surface area contributed by atoms with Gasteiger partial charge in [-0.1, -0.05) is 30.3 Å². The summed E-state index contributed by atoms with van der Waals surface area (Å²) < 4.78 is 18.8. The number of fused-ring (bicyclic) bond motifs is 1. The first-order valence-electron chi connectivity index (χ1n) is 9.09. The SMILES string of the molecule is O=C=C1C[C@@H](Cc2c[nH]c3cc(F)ccc23)N(C(=O)OCc2ccccc2)C1. The number of H-pyrrole nitrogens is 1. The second-order valence-electron chi connectivity index (χ2n) is 6.94. The molecule has 3 aromatic rings. The lowest BCUT2D eigenvalue weighted by Crippen LogP contribution is -2.37. The number of aromatic nitrogens is 1. The predicted molar refractivity (Wildman–Crippen MR) is 103 cm³/mol. The number of hydrogen-bond acceptors (Lipinski definition) is 3. The summed E-state index contributed by atoms with van der Waals surface area (Å²) >= 11 is 0. The Bertz CT molecular complexity index is 1050.